The minimum Gasteiger partial charge on any atom is -0.466 e. The number of halogens is 1. The van der Waals surface area contributed by atoms with Gasteiger partial charge in [0.15, 0.2) is 0 Å². The van der Waals surface area contributed by atoms with Crippen molar-refractivity contribution >= 4 is 5.97 Å². The number of rotatable bonds is 3. The van der Waals surface area contributed by atoms with Crippen molar-refractivity contribution in [2.24, 2.45) is 5.73 Å². The molecule has 0 spiro atoms. The van der Waals surface area contributed by atoms with Gasteiger partial charge in [0.05, 0.1) is 26.2 Å². The van der Waals surface area contributed by atoms with E-state index in [-0.39, 0.29) is 12.4 Å². The number of hydrogen-bond donors (Lipinski definition) is 1. The van der Waals surface area contributed by atoms with Crippen LogP contribution >= 0.6 is 0 Å². The highest BCUT2D eigenvalue weighted by Crippen LogP contribution is 1.89. The van der Waals surface area contributed by atoms with Crippen molar-refractivity contribution in [3.05, 3.63) is 0 Å². The van der Waals surface area contributed by atoms with Crippen molar-refractivity contribution in [1.82, 2.24) is 0 Å². The van der Waals surface area contributed by atoms with Gasteiger partial charge in [-0.15, -0.1) is 6.42 Å². The van der Waals surface area contributed by atoms with Gasteiger partial charge < -0.3 is 10.5 Å². The van der Waals surface area contributed by atoms with Gasteiger partial charge in [0, 0.05) is 0 Å². The number of terminal acetylenes is 1. The monoisotopic (exact) mass is 175 g/mol. The maximum absolute atomic E-state index is 10.6. The van der Waals surface area contributed by atoms with E-state index in [9.17, 15) is 9.18 Å². The Morgan fingerprint density at radius 3 is 2.58 bits per heavy atom. The van der Waals surface area contributed by atoms with Gasteiger partial charge in [0.1, 0.15) is 0 Å². The SMILES string of the molecule is C#CC(N)CC(=O)OCC.CF. The van der Waals surface area contributed by atoms with E-state index in [1.807, 2.05) is 0 Å². The van der Waals surface area contributed by atoms with Crippen LogP contribution in [0.2, 0.25) is 0 Å². The van der Waals surface area contributed by atoms with Crippen molar-refractivity contribution in [2.45, 2.75) is 19.4 Å². The zero-order valence-electron chi connectivity index (χ0n) is 7.34. The first kappa shape index (κ1) is 13.5. The van der Waals surface area contributed by atoms with E-state index in [1.165, 1.54) is 0 Å². The first-order chi connectivity index (χ1) is 5.70. The summed E-state index contributed by atoms with van der Waals surface area (Å²) < 4.78 is 14.1. The summed E-state index contributed by atoms with van der Waals surface area (Å²) in [7, 11) is 0.500. The number of hydrogen-bond acceptors (Lipinski definition) is 3. The molecule has 70 valence electrons. The highest BCUT2D eigenvalue weighted by Gasteiger charge is 2.05. The van der Waals surface area contributed by atoms with Crippen LogP contribution in [0.15, 0.2) is 0 Å². The Bertz CT molecular complexity index is 154. The van der Waals surface area contributed by atoms with Gasteiger partial charge in [-0.05, 0) is 6.92 Å². The lowest BCUT2D eigenvalue weighted by molar-refractivity contribution is -0.143. The van der Waals surface area contributed by atoms with Gasteiger partial charge in [0.25, 0.3) is 0 Å². The predicted octanol–water partition coefficient (Wildman–Crippen LogP) is 0.486. The molecular formula is C8H14FNO2. The number of esters is 1. The van der Waals surface area contributed by atoms with Crippen molar-refractivity contribution in [3.63, 3.8) is 0 Å². The van der Waals surface area contributed by atoms with Gasteiger partial charge in [0.2, 0.25) is 0 Å². The molecule has 0 saturated carbocycles. The topological polar surface area (TPSA) is 52.3 Å². The molecule has 0 radical (unpaired) electrons. The largest absolute Gasteiger partial charge is 0.466 e. The number of alkyl halides is 1. The fourth-order valence-corrected chi connectivity index (χ4v) is 0.458. The van der Waals surface area contributed by atoms with Gasteiger partial charge in [-0.25, -0.2) is 0 Å². The van der Waals surface area contributed by atoms with E-state index < -0.39 is 6.04 Å². The predicted molar refractivity (Wildman–Crippen MR) is 45.1 cm³/mol. The summed E-state index contributed by atoms with van der Waals surface area (Å²) in [6, 6.07) is -0.515. The van der Waals surface area contributed by atoms with Crippen LogP contribution in [-0.2, 0) is 9.53 Å². The molecule has 0 rings (SSSR count). The molecule has 0 aliphatic heterocycles. The maximum Gasteiger partial charge on any atom is 0.308 e. The van der Waals surface area contributed by atoms with Crippen molar-refractivity contribution in [3.8, 4) is 12.3 Å². The summed E-state index contributed by atoms with van der Waals surface area (Å²) in [5.74, 6) is 1.89. The molecule has 2 N–H and O–H groups in total. The molecule has 12 heavy (non-hydrogen) atoms. The standard InChI is InChI=1S/C7H11NO2.CH3F/c1-3-6(8)5-7(9)10-4-2;1-2/h1,6H,4-5,8H2,2H3;1H3. The third-order valence-electron chi connectivity index (χ3n) is 0.906. The Hall–Kier alpha value is -1.08. The summed E-state index contributed by atoms with van der Waals surface area (Å²) in [6.45, 7) is 2.11. The molecule has 0 aromatic carbocycles. The molecule has 0 fully saturated rings. The van der Waals surface area contributed by atoms with Crippen LogP contribution in [0, 0.1) is 12.3 Å². The van der Waals surface area contributed by atoms with E-state index >= 15 is 0 Å². The lowest BCUT2D eigenvalue weighted by Gasteiger charge is -2.02. The summed E-state index contributed by atoms with van der Waals surface area (Å²) in [5.41, 5.74) is 5.27. The van der Waals surface area contributed by atoms with Crippen molar-refractivity contribution in [1.29, 1.82) is 0 Å². The van der Waals surface area contributed by atoms with E-state index in [1.54, 1.807) is 6.92 Å². The molecule has 0 amide bonds. The van der Waals surface area contributed by atoms with Crippen LogP contribution in [0.1, 0.15) is 13.3 Å². The zero-order chi connectivity index (χ0) is 9.98. The summed E-state index contributed by atoms with van der Waals surface area (Å²) in [5, 5.41) is 0. The molecule has 0 aromatic rings. The van der Waals surface area contributed by atoms with Crippen LogP contribution in [0.3, 0.4) is 0 Å². The molecule has 1 unspecified atom stereocenters. The van der Waals surface area contributed by atoms with E-state index in [0.717, 1.165) is 0 Å². The second kappa shape index (κ2) is 9.92. The van der Waals surface area contributed by atoms with Crippen LogP contribution < -0.4 is 5.73 Å². The molecule has 0 aliphatic carbocycles. The van der Waals surface area contributed by atoms with E-state index in [0.29, 0.717) is 13.8 Å². The number of carbonyl (C=O) groups is 1. The average Bonchev–Trinajstić information content (AvgIpc) is 2.08. The van der Waals surface area contributed by atoms with Gasteiger partial charge in [-0.3, -0.25) is 9.18 Å². The Morgan fingerprint density at radius 1 is 1.75 bits per heavy atom. The van der Waals surface area contributed by atoms with Gasteiger partial charge in [-0.2, -0.15) is 0 Å². The number of ether oxygens (including phenoxy) is 1. The van der Waals surface area contributed by atoms with E-state index in [2.05, 4.69) is 10.7 Å². The van der Waals surface area contributed by atoms with Gasteiger partial charge in [-0.1, -0.05) is 5.92 Å². The Kier molecular flexibility index (Phi) is 11.2. The minimum absolute atomic E-state index is 0.102. The van der Waals surface area contributed by atoms with Crippen molar-refractivity contribution < 1.29 is 13.9 Å². The first-order valence-corrected chi connectivity index (χ1v) is 3.45. The smallest absolute Gasteiger partial charge is 0.308 e. The lowest BCUT2D eigenvalue weighted by Crippen LogP contribution is -2.22. The zero-order valence-corrected chi connectivity index (χ0v) is 7.34. The fourth-order valence-electron chi connectivity index (χ4n) is 0.458. The molecule has 0 saturated heterocycles. The van der Waals surface area contributed by atoms with Crippen LogP contribution in [0.4, 0.5) is 4.39 Å². The highest BCUT2D eigenvalue weighted by molar-refractivity contribution is 5.70. The molecule has 0 aliphatic rings. The number of carbonyl (C=O) groups excluding carboxylic acids is 1. The summed E-state index contributed by atoms with van der Waals surface area (Å²) in [4.78, 5) is 10.6. The molecular weight excluding hydrogens is 161 g/mol. The van der Waals surface area contributed by atoms with E-state index in [4.69, 9.17) is 12.2 Å². The minimum atomic E-state index is -0.515. The average molecular weight is 175 g/mol. The fraction of sp³-hybridized carbons (Fsp3) is 0.625. The third-order valence-corrected chi connectivity index (χ3v) is 0.906. The highest BCUT2D eigenvalue weighted by atomic mass is 19.1. The first-order valence-electron chi connectivity index (χ1n) is 3.45. The Labute approximate surface area is 72.1 Å². The third kappa shape index (κ3) is 8.92. The summed E-state index contributed by atoms with van der Waals surface area (Å²) in [6.07, 6.45) is 5.04. The Morgan fingerprint density at radius 2 is 2.25 bits per heavy atom. The maximum atomic E-state index is 10.6. The molecule has 3 nitrogen and oxygen atoms in total. The van der Waals surface area contributed by atoms with Crippen LogP contribution in [0.25, 0.3) is 0 Å². The molecule has 0 heterocycles. The second-order valence-corrected chi connectivity index (χ2v) is 1.78. The molecule has 1 atom stereocenters. The molecule has 0 bridgehead atoms. The summed E-state index contributed by atoms with van der Waals surface area (Å²) >= 11 is 0. The quantitative estimate of drug-likeness (QED) is 0.501. The normalized spacial score (nSPS) is 10.2. The molecule has 0 aromatic heterocycles. The molecule has 4 heteroatoms. The van der Waals surface area contributed by atoms with Crippen molar-refractivity contribution in [2.75, 3.05) is 13.8 Å². The second-order valence-electron chi connectivity index (χ2n) is 1.78. The Balaban J connectivity index is 0. The lowest BCUT2D eigenvalue weighted by atomic mass is 10.2. The number of nitrogens with two attached hydrogens (primary N) is 1. The van der Waals surface area contributed by atoms with Gasteiger partial charge >= 0.3 is 5.97 Å². The van der Waals surface area contributed by atoms with Crippen LogP contribution in [0.5, 0.6) is 0 Å². The van der Waals surface area contributed by atoms with Crippen LogP contribution in [-0.4, -0.2) is 25.8 Å².